The fraction of sp³-hybridized carbons (Fsp3) is 0.423. The highest BCUT2D eigenvalue weighted by molar-refractivity contribution is 6.14. The number of carbonyl (C=O) groups is 2. The summed E-state index contributed by atoms with van der Waals surface area (Å²) in [6.07, 6.45) is 3.99. The molecule has 1 unspecified atom stereocenters. The lowest BCUT2D eigenvalue weighted by Crippen LogP contribution is -2.51. The van der Waals surface area contributed by atoms with Crippen molar-refractivity contribution in [3.05, 3.63) is 59.7 Å². The number of aryl methyl sites for hydroxylation is 1. The normalized spacial score (nSPS) is 24.6. The van der Waals surface area contributed by atoms with Crippen LogP contribution in [0.25, 0.3) is 0 Å². The summed E-state index contributed by atoms with van der Waals surface area (Å²) in [5, 5.41) is 0. The Morgan fingerprint density at radius 1 is 1.06 bits per heavy atom. The van der Waals surface area contributed by atoms with Gasteiger partial charge in [0.25, 0.3) is 5.91 Å². The molecule has 2 fully saturated rings. The van der Waals surface area contributed by atoms with Crippen LogP contribution < -0.4 is 15.5 Å². The number of carbonyl (C=O) groups excluding carboxylic acids is 2. The van der Waals surface area contributed by atoms with Crippen LogP contribution in [-0.4, -0.2) is 49.0 Å². The summed E-state index contributed by atoms with van der Waals surface area (Å²) in [5.41, 5.74) is 9.10. The Balaban J connectivity index is 1.63. The second-order valence-electron chi connectivity index (χ2n) is 9.50. The van der Waals surface area contributed by atoms with Crippen LogP contribution in [0.5, 0.6) is 0 Å². The highest BCUT2D eigenvalue weighted by Crippen LogP contribution is 2.38. The minimum Gasteiger partial charge on any atom is -0.356 e. The maximum absolute atomic E-state index is 13.7. The molecule has 2 N–H and O–H groups in total. The van der Waals surface area contributed by atoms with Gasteiger partial charge in [0.1, 0.15) is 5.84 Å². The minimum atomic E-state index is -1.07. The van der Waals surface area contributed by atoms with Crippen molar-refractivity contribution in [2.45, 2.75) is 38.8 Å². The molecule has 5 rings (SSSR count). The molecule has 1 saturated carbocycles. The van der Waals surface area contributed by atoms with Crippen LogP contribution in [0.2, 0.25) is 0 Å². The van der Waals surface area contributed by atoms with Crippen LogP contribution in [-0.2, 0) is 4.79 Å². The van der Waals surface area contributed by atoms with E-state index in [9.17, 15) is 9.59 Å². The number of benzodiazepines with no additional fused rings is 1. The van der Waals surface area contributed by atoms with E-state index in [-0.39, 0.29) is 5.91 Å². The number of likely N-dealkylation sites (N-methyl/N-ethyl adjacent to an activating group) is 1. The summed E-state index contributed by atoms with van der Waals surface area (Å²) in [6, 6.07) is 14.6. The standard InChI is InChI=1S/C26H31N5O2/c1-17-8-7-11-20(14-17)31(26(27)33)24-25(32)29(2)22-13-6-5-12-21(22)23(28-24)30-15-18-9-3-4-10-19(18)16-30/h5-8,11-14,18-19,24H,3-4,9-10,15-16H2,1-2H3,(H2,27,33)/t18-,19+,24?. The van der Waals surface area contributed by atoms with Crippen molar-refractivity contribution in [2.24, 2.45) is 22.6 Å². The molecule has 3 amide bonds. The Kier molecular flexibility index (Phi) is 5.56. The quantitative estimate of drug-likeness (QED) is 0.764. The van der Waals surface area contributed by atoms with Gasteiger partial charge in [-0.2, -0.15) is 0 Å². The molecule has 33 heavy (non-hydrogen) atoms. The van der Waals surface area contributed by atoms with E-state index < -0.39 is 12.2 Å². The van der Waals surface area contributed by atoms with E-state index >= 15 is 0 Å². The molecule has 1 saturated heterocycles. The molecule has 172 valence electrons. The number of amides is 3. The molecule has 3 atom stereocenters. The first-order valence-electron chi connectivity index (χ1n) is 11.8. The maximum Gasteiger partial charge on any atom is 0.321 e. The van der Waals surface area contributed by atoms with Gasteiger partial charge < -0.3 is 15.5 Å². The molecule has 2 aromatic rings. The third kappa shape index (κ3) is 3.86. The average Bonchev–Trinajstić information content (AvgIpc) is 3.20. The number of likely N-dealkylation sites (tertiary alicyclic amines) is 1. The Labute approximate surface area is 194 Å². The monoisotopic (exact) mass is 445 g/mol. The largest absolute Gasteiger partial charge is 0.356 e. The van der Waals surface area contributed by atoms with E-state index in [1.54, 1.807) is 18.0 Å². The number of urea groups is 1. The molecular formula is C26H31N5O2. The zero-order chi connectivity index (χ0) is 23.1. The van der Waals surface area contributed by atoms with Crippen molar-refractivity contribution >= 4 is 29.1 Å². The lowest BCUT2D eigenvalue weighted by atomic mass is 9.82. The van der Waals surface area contributed by atoms with Crippen LogP contribution in [0, 0.1) is 18.8 Å². The molecular weight excluding hydrogens is 414 g/mol. The van der Waals surface area contributed by atoms with Gasteiger partial charge in [-0.15, -0.1) is 0 Å². The van der Waals surface area contributed by atoms with Crippen molar-refractivity contribution in [3.63, 3.8) is 0 Å². The molecule has 2 aliphatic heterocycles. The highest BCUT2D eigenvalue weighted by Gasteiger charge is 2.41. The first-order chi connectivity index (χ1) is 15.9. The van der Waals surface area contributed by atoms with E-state index in [4.69, 9.17) is 10.7 Å². The lowest BCUT2D eigenvalue weighted by molar-refractivity contribution is -0.119. The van der Waals surface area contributed by atoms with Crippen molar-refractivity contribution in [2.75, 3.05) is 29.9 Å². The first-order valence-corrected chi connectivity index (χ1v) is 11.8. The number of anilines is 2. The number of primary amides is 1. The van der Waals surface area contributed by atoms with Crippen LogP contribution in [0.3, 0.4) is 0 Å². The smallest absolute Gasteiger partial charge is 0.321 e. The molecule has 1 aliphatic carbocycles. The van der Waals surface area contributed by atoms with Crippen molar-refractivity contribution in [1.82, 2.24) is 4.90 Å². The van der Waals surface area contributed by atoms with Gasteiger partial charge in [-0.05, 0) is 61.4 Å². The minimum absolute atomic E-state index is 0.283. The van der Waals surface area contributed by atoms with Gasteiger partial charge in [0.05, 0.1) is 5.69 Å². The summed E-state index contributed by atoms with van der Waals surface area (Å²) < 4.78 is 0. The zero-order valence-corrected chi connectivity index (χ0v) is 19.3. The summed E-state index contributed by atoms with van der Waals surface area (Å²) in [5.74, 6) is 1.82. The average molecular weight is 446 g/mol. The van der Waals surface area contributed by atoms with Gasteiger partial charge in [-0.25, -0.2) is 9.79 Å². The number of hydrogen-bond donors (Lipinski definition) is 1. The predicted octanol–water partition coefficient (Wildman–Crippen LogP) is 3.75. The van der Waals surface area contributed by atoms with Crippen LogP contribution in [0.15, 0.2) is 53.5 Å². The van der Waals surface area contributed by atoms with Crippen molar-refractivity contribution < 1.29 is 9.59 Å². The maximum atomic E-state index is 13.7. The second-order valence-corrected chi connectivity index (χ2v) is 9.50. The highest BCUT2D eigenvalue weighted by atomic mass is 16.2. The Hall–Kier alpha value is -3.35. The number of hydrogen-bond acceptors (Lipinski definition) is 4. The summed E-state index contributed by atoms with van der Waals surface area (Å²) in [6.45, 7) is 3.81. The number of nitrogens with two attached hydrogens (primary N) is 1. The molecule has 7 heteroatoms. The second kappa shape index (κ2) is 8.54. The Morgan fingerprint density at radius 3 is 2.42 bits per heavy atom. The molecule has 0 spiro atoms. The van der Waals surface area contributed by atoms with E-state index in [0.29, 0.717) is 17.5 Å². The van der Waals surface area contributed by atoms with Gasteiger partial charge in [-0.1, -0.05) is 37.1 Å². The molecule has 3 aliphatic rings. The van der Waals surface area contributed by atoms with Crippen molar-refractivity contribution in [1.29, 1.82) is 0 Å². The van der Waals surface area contributed by atoms with E-state index in [2.05, 4.69) is 4.90 Å². The fourth-order valence-electron chi connectivity index (χ4n) is 5.65. The zero-order valence-electron chi connectivity index (χ0n) is 19.3. The summed E-state index contributed by atoms with van der Waals surface area (Å²) in [7, 11) is 1.74. The summed E-state index contributed by atoms with van der Waals surface area (Å²) >= 11 is 0. The number of nitrogens with zero attached hydrogens (tertiary/aromatic N) is 4. The topological polar surface area (TPSA) is 82.2 Å². The van der Waals surface area contributed by atoms with Crippen LogP contribution >= 0.6 is 0 Å². The van der Waals surface area contributed by atoms with Gasteiger partial charge in [0.2, 0.25) is 6.17 Å². The van der Waals surface area contributed by atoms with Crippen LogP contribution in [0.1, 0.15) is 36.8 Å². The number of amidine groups is 1. The molecule has 2 heterocycles. The van der Waals surface area contributed by atoms with E-state index in [1.807, 2.05) is 49.4 Å². The molecule has 0 aromatic heterocycles. The molecule has 0 radical (unpaired) electrons. The third-order valence-corrected chi connectivity index (χ3v) is 7.34. The van der Waals surface area contributed by atoms with E-state index in [0.717, 1.165) is 35.7 Å². The first kappa shape index (κ1) is 21.5. The fourth-order valence-corrected chi connectivity index (χ4v) is 5.65. The van der Waals surface area contributed by atoms with Gasteiger partial charge >= 0.3 is 6.03 Å². The van der Waals surface area contributed by atoms with Gasteiger partial charge in [-0.3, -0.25) is 9.69 Å². The molecule has 7 nitrogen and oxygen atoms in total. The van der Waals surface area contributed by atoms with Crippen LogP contribution in [0.4, 0.5) is 16.2 Å². The van der Waals surface area contributed by atoms with E-state index in [1.165, 1.54) is 30.6 Å². The molecule has 0 bridgehead atoms. The molecule has 2 aromatic carbocycles. The lowest BCUT2D eigenvalue weighted by Gasteiger charge is -2.29. The number of benzene rings is 2. The van der Waals surface area contributed by atoms with Gasteiger partial charge in [0.15, 0.2) is 0 Å². The predicted molar refractivity (Wildman–Crippen MR) is 130 cm³/mol. The Morgan fingerprint density at radius 2 is 1.76 bits per heavy atom. The number of para-hydroxylation sites is 1. The number of aliphatic imine (C=N–C) groups is 1. The number of rotatable bonds is 2. The summed E-state index contributed by atoms with van der Waals surface area (Å²) in [4.78, 5) is 36.6. The third-order valence-electron chi connectivity index (χ3n) is 7.34. The SMILES string of the molecule is Cc1cccc(N(C(N)=O)C2N=C(N3C[C@H]4CCCC[C@H]4C3)c3ccccc3N(C)C2=O)c1. The van der Waals surface area contributed by atoms with Gasteiger partial charge in [0, 0.05) is 31.4 Å². The Bertz CT molecular complexity index is 1100. The number of fused-ring (bicyclic) bond motifs is 2. The van der Waals surface area contributed by atoms with Crippen molar-refractivity contribution in [3.8, 4) is 0 Å².